The van der Waals surface area contributed by atoms with Gasteiger partial charge in [-0.3, -0.25) is 0 Å². The summed E-state index contributed by atoms with van der Waals surface area (Å²) in [6, 6.07) is 8.99. The van der Waals surface area contributed by atoms with Gasteiger partial charge in [-0.2, -0.15) is 0 Å². The molecule has 0 unspecified atom stereocenters. The van der Waals surface area contributed by atoms with Gasteiger partial charge in [0.15, 0.2) is 0 Å². The van der Waals surface area contributed by atoms with Gasteiger partial charge in [0.25, 0.3) is 0 Å². The molecule has 0 saturated heterocycles. The highest BCUT2D eigenvalue weighted by atomic mass is 35.5. The molecule has 3 aliphatic rings. The summed E-state index contributed by atoms with van der Waals surface area (Å²) in [6.07, 6.45) is 13.0. The van der Waals surface area contributed by atoms with Crippen LogP contribution in [-0.2, 0) is 6.42 Å². The molecule has 120 valence electrons. The van der Waals surface area contributed by atoms with E-state index in [1.165, 1.54) is 69.4 Å². The van der Waals surface area contributed by atoms with Gasteiger partial charge in [-0.05, 0) is 77.3 Å². The predicted molar refractivity (Wildman–Crippen MR) is 108 cm³/mol. The fraction of sp³-hybridized carbons (Fsp3) is 0.273. The van der Waals surface area contributed by atoms with Crippen LogP contribution in [0.2, 0.25) is 5.02 Å². The van der Waals surface area contributed by atoms with E-state index in [2.05, 4.69) is 42.5 Å². The summed E-state index contributed by atoms with van der Waals surface area (Å²) < 4.78 is 0. The summed E-state index contributed by atoms with van der Waals surface area (Å²) in [6.45, 7) is 0. The molecule has 0 spiro atoms. The van der Waals surface area contributed by atoms with Crippen LogP contribution in [0.15, 0.2) is 48.1 Å². The normalized spacial score (nSPS) is 19.5. The van der Waals surface area contributed by atoms with Crippen LogP contribution in [0.1, 0.15) is 42.4 Å². The highest BCUT2D eigenvalue weighted by Crippen LogP contribution is 2.44. The van der Waals surface area contributed by atoms with E-state index < -0.39 is 0 Å². The topological polar surface area (TPSA) is 0 Å². The summed E-state index contributed by atoms with van der Waals surface area (Å²) in [7, 11) is 0. The van der Waals surface area contributed by atoms with E-state index in [-0.39, 0.29) is 0 Å². The average molecular weight is 351 g/mol. The number of rotatable bonds is 1. The van der Waals surface area contributed by atoms with E-state index >= 15 is 0 Å². The van der Waals surface area contributed by atoms with Crippen molar-refractivity contribution in [1.82, 2.24) is 0 Å². The minimum absolute atomic E-state index is 0.860. The van der Waals surface area contributed by atoms with Crippen LogP contribution in [0.3, 0.4) is 0 Å². The Morgan fingerprint density at radius 3 is 2.75 bits per heavy atom. The fourth-order valence-electron chi connectivity index (χ4n) is 4.32. The smallest absolute Gasteiger partial charge is 0.0418 e. The number of hydrogen-bond acceptors (Lipinski definition) is 1. The minimum atomic E-state index is 0.860. The lowest BCUT2D eigenvalue weighted by molar-refractivity contribution is 0.831. The van der Waals surface area contributed by atoms with Crippen molar-refractivity contribution in [2.24, 2.45) is 0 Å². The van der Waals surface area contributed by atoms with Crippen molar-refractivity contribution in [3.8, 4) is 0 Å². The zero-order valence-electron chi connectivity index (χ0n) is 13.6. The zero-order valence-corrected chi connectivity index (χ0v) is 15.1. The van der Waals surface area contributed by atoms with Gasteiger partial charge in [-0.15, -0.1) is 11.8 Å². The van der Waals surface area contributed by atoms with Crippen molar-refractivity contribution in [2.45, 2.75) is 32.1 Å². The molecule has 2 aromatic carbocycles. The maximum Gasteiger partial charge on any atom is 0.0418 e. The lowest BCUT2D eigenvalue weighted by atomic mass is 9.79. The van der Waals surface area contributed by atoms with Crippen molar-refractivity contribution in [2.75, 3.05) is 5.75 Å². The van der Waals surface area contributed by atoms with Gasteiger partial charge in [0, 0.05) is 15.7 Å². The summed E-state index contributed by atoms with van der Waals surface area (Å²) in [4.78, 5) is 1.40. The van der Waals surface area contributed by atoms with Gasteiger partial charge in [0.1, 0.15) is 0 Å². The number of benzene rings is 2. The molecule has 0 fully saturated rings. The van der Waals surface area contributed by atoms with Gasteiger partial charge < -0.3 is 0 Å². The molecule has 0 amide bonds. The molecular weight excluding hydrogens is 332 g/mol. The second kappa shape index (κ2) is 5.82. The van der Waals surface area contributed by atoms with Crippen LogP contribution < -0.4 is 0 Å². The third-order valence-electron chi connectivity index (χ3n) is 5.43. The van der Waals surface area contributed by atoms with Crippen LogP contribution in [0.4, 0.5) is 0 Å². The Morgan fingerprint density at radius 2 is 1.88 bits per heavy atom. The summed E-state index contributed by atoms with van der Waals surface area (Å²) >= 11 is 8.48. The van der Waals surface area contributed by atoms with Crippen molar-refractivity contribution in [3.63, 3.8) is 0 Å². The molecule has 2 aliphatic carbocycles. The first-order valence-corrected chi connectivity index (χ1v) is 10.1. The molecule has 2 aromatic rings. The van der Waals surface area contributed by atoms with E-state index in [1.54, 1.807) is 5.57 Å². The summed E-state index contributed by atoms with van der Waals surface area (Å²) in [5.74, 6) is 1.19. The molecule has 0 aromatic heterocycles. The summed E-state index contributed by atoms with van der Waals surface area (Å²) in [5.41, 5.74) is 7.36. The number of aryl methyl sites for hydroxylation is 1. The van der Waals surface area contributed by atoms with Crippen LogP contribution in [0.25, 0.3) is 21.3 Å². The lowest BCUT2D eigenvalue weighted by Crippen LogP contribution is -2.07. The Labute approximate surface area is 152 Å². The first-order valence-electron chi connectivity index (χ1n) is 8.79. The monoisotopic (exact) mass is 350 g/mol. The Hall–Kier alpha value is -1.44. The van der Waals surface area contributed by atoms with Crippen LogP contribution in [-0.4, -0.2) is 5.75 Å². The summed E-state index contributed by atoms with van der Waals surface area (Å²) in [5, 5.41) is 3.58. The molecule has 0 radical (unpaired) electrons. The molecule has 5 rings (SSSR count). The largest absolute Gasteiger partial charge is 0.126 e. The quantitative estimate of drug-likeness (QED) is 0.532. The fourth-order valence-corrected chi connectivity index (χ4v) is 5.55. The molecular formula is C22H19ClS. The highest BCUT2D eigenvalue weighted by Gasteiger charge is 2.22. The Balaban J connectivity index is 1.78. The second-order valence-electron chi connectivity index (χ2n) is 6.80. The first kappa shape index (κ1) is 14.9. The lowest BCUT2D eigenvalue weighted by Gasteiger charge is -2.26. The average Bonchev–Trinajstić information content (AvgIpc) is 3.15. The molecule has 0 N–H and O–H groups in total. The molecule has 2 heteroatoms. The third-order valence-corrected chi connectivity index (χ3v) is 6.78. The maximum absolute atomic E-state index is 6.52. The molecule has 0 bridgehead atoms. The Kier molecular flexibility index (Phi) is 3.61. The minimum Gasteiger partial charge on any atom is -0.126 e. The zero-order chi connectivity index (χ0) is 16.1. The van der Waals surface area contributed by atoms with E-state index in [1.807, 2.05) is 11.8 Å². The Morgan fingerprint density at radius 1 is 0.917 bits per heavy atom. The number of halogens is 1. The van der Waals surface area contributed by atoms with Gasteiger partial charge in [0.05, 0.1) is 0 Å². The van der Waals surface area contributed by atoms with Gasteiger partial charge in [-0.25, -0.2) is 0 Å². The number of allylic oxidation sites excluding steroid dienone is 5. The molecule has 24 heavy (non-hydrogen) atoms. The van der Waals surface area contributed by atoms with Crippen LogP contribution in [0.5, 0.6) is 0 Å². The van der Waals surface area contributed by atoms with E-state index in [9.17, 15) is 0 Å². The molecule has 0 atom stereocenters. The first-order chi connectivity index (χ1) is 11.8. The second-order valence-corrected chi connectivity index (χ2v) is 8.38. The van der Waals surface area contributed by atoms with Crippen molar-refractivity contribution < 1.29 is 0 Å². The Bertz CT molecular complexity index is 946. The SMILES string of the molecule is Clc1cc(C2=CCCS2)c2ccc3c(c2c1)CCC1=C3C=CCC1. The highest BCUT2D eigenvalue weighted by molar-refractivity contribution is 8.08. The van der Waals surface area contributed by atoms with E-state index in [0.29, 0.717) is 0 Å². The maximum atomic E-state index is 6.52. The molecule has 1 heterocycles. The number of fused-ring (bicyclic) bond motifs is 4. The third kappa shape index (κ3) is 2.29. The molecule has 1 aliphatic heterocycles. The predicted octanol–water partition coefficient (Wildman–Crippen LogP) is 7.02. The van der Waals surface area contributed by atoms with Crippen LogP contribution >= 0.6 is 23.4 Å². The van der Waals surface area contributed by atoms with Crippen molar-refractivity contribution in [1.29, 1.82) is 0 Å². The number of thioether (sulfide) groups is 1. The number of hydrogen-bond donors (Lipinski definition) is 0. The standard InChI is InChI=1S/C22H19ClS/c23-15-12-20-18-8-7-14-4-1-2-5-16(14)17(18)9-10-19(20)21(13-15)22-6-3-11-24-22/h2,5-6,9-10,12-13H,1,3-4,7-8,11H2. The van der Waals surface area contributed by atoms with Gasteiger partial charge >= 0.3 is 0 Å². The van der Waals surface area contributed by atoms with Crippen molar-refractivity contribution in [3.05, 3.63) is 69.8 Å². The van der Waals surface area contributed by atoms with Crippen LogP contribution in [0, 0.1) is 0 Å². The van der Waals surface area contributed by atoms with Gasteiger partial charge in [0.2, 0.25) is 0 Å². The van der Waals surface area contributed by atoms with Gasteiger partial charge in [-0.1, -0.05) is 47.5 Å². The van der Waals surface area contributed by atoms with Crippen molar-refractivity contribution >= 4 is 44.6 Å². The van der Waals surface area contributed by atoms with E-state index in [4.69, 9.17) is 11.6 Å². The molecule has 0 saturated carbocycles. The molecule has 0 nitrogen and oxygen atoms in total. The van der Waals surface area contributed by atoms with E-state index in [0.717, 1.165) is 11.4 Å².